The largest absolute Gasteiger partial charge is 0.398 e. The lowest BCUT2D eigenvalue weighted by atomic mass is 10.1. The van der Waals surface area contributed by atoms with Crippen LogP contribution in [-0.2, 0) is 0 Å². The standard InChI is InChI=1S/C11H12N2/c1-7-8(2)13-10-6-4-3-5-9(10)11(7)12/h3-6H,1-2H3,(H2,12,13). The summed E-state index contributed by atoms with van der Waals surface area (Å²) in [5, 5.41) is 1.05. The third kappa shape index (κ3) is 1.15. The van der Waals surface area contributed by atoms with Gasteiger partial charge in [0.25, 0.3) is 0 Å². The highest BCUT2D eigenvalue weighted by atomic mass is 14.7. The van der Waals surface area contributed by atoms with E-state index in [-0.39, 0.29) is 0 Å². The van der Waals surface area contributed by atoms with E-state index in [1.54, 1.807) is 0 Å². The maximum Gasteiger partial charge on any atom is 0.0726 e. The lowest BCUT2D eigenvalue weighted by molar-refractivity contribution is 1.20. The van der Waals surface area contributed by atoms with Gasteiger partial charge in [-0.2, -0.15) is 0 Å². The van der Waals surface area contributed by atoms with Crippen LogP contribution in [-0.4, -0.2) is 4.98 Å². The molecule has 0 saturated heterocycles. The smallest absolute Gasteiger partial charge is 0.0726 e. The van der Waals surface area contributed by atoms with Gasteiger partial charge in [-0.1, -0.05) is 18.2 Å². The zero-order valence-corrected chi connectivity index (χ0v) is 7.83. The summed E-state index contributed by atoms with van der Waals surface area (Å²) in [6.07, 6.45) is 0. The second kappa shape index (κ2) is 2.73. The second-order valence-electron chi connectivity index (χ2n) is 3.25. The van der Waals surface area contributed by atoms with Gasteiger partial charge in [0.2, 0.25) is 0 Å². The number of fused-ring (bicyclic) bond motifs is 1. The molecule has 2 N–H and O–H groups in total. The molecular formula is C11H12N2. The molecule has 0 amide bonds. The molecule has 0 aliphatic heterocycles. The Morgan fingerprint density at radius 1 is 1.15 bits per heavy atom. The maximum atomic E-state index is 5.98. The molecule has 0 saturated carbocycles. The molecule has 2 heteroatoms. The second-order valence-corrected chi connectivity index (χ2v) is 3.25. The van der Waals surface area contributed by atoms with Gasteiger partial charge in [-0.25, -0.2) is 0 Å². The summed E-state index contributed by atoms with van der Waals surface area (Å²) in [6, 6.07) is 7.95. The molecule has 66 valence electrons. The molecule has 0 radical (unpaired) electrons. The predicted molar refractivity (Wildman–Crippen MR) is 55.6 cm³/mol. The van der Waals surface area contributed by atoms with E-state index in [1.807, 2.05) is 38.1 Å². The van der Waals surface area contributed by atoms with Crippen LogP contribution in [0.4, 0.5) is 5.69 Å². The summed E-state index contributed by atoms with van der Waals surface area (Å²) >= 11 is 0. The van der Waals surface area contributed by atoms with Crippen molar-refractivity contribution in [3.05, 3.63) is 35.5 Å². The quantitative estimate of drug-likeness (QED) is 0.662. The number of para-hydroxylation sites is 1. The highest BCUT2D eigenvalue weighted by molar-refractivity contribution is 5.91. The third-order valence-electron chi connectivity index (χ3n) is 2.43. The Bertz CT molecular complexity index is 461. The van der Waals surface area contributed by atoms with Crippen molar-refractivity contribution in [1.29, 1.82) is 0 Å². The van der Waals surface area contributed by atoms with Crippen LogP contribution < -0.4 is 5.73 Å². The van der Waals surface area contributed by atoms with Crippen LogP contribution in [0.3, 0.4) is 0 Å². The van der Waals surface area contributed by atoms with Crippen LogP contribution in [0.1, 0.15) is 11.3 Å². The Morgan fingerprint density at radius 3 is 2.62 bits per heavy atom. The molecule has 0 bridgehead atoms. The van der Waals surface area contributed by atoms with Crippen molar-refractivity contribution in [3.63, 3.8) is 0 Å². The van der Waals surface area contributed by atoms with Crippen LogP contribution in [0.15, 0.2) is 24.3 Å². The van der Waals surface area contributed by atoms with E-state index in [2.05, 4.69) is 4.98 Å². The Balaban J connectivity index is 2.94. The van der Waals surface area contributed by atoms with Gasteiger partial charge < -0.3 is 5.73 Å². The number of nitrogens with two attached hydrogens (primary N) is 1. The van der Waals surface area contributed by atoms with E-state index >= 15 is 0 Å². The number of anilines is 1. The van der Waals surface area contributed by atoms with Crippen molar-refractivity contribution in [2.24, 2.45) is 0 Å². The van der Waals surface area contributed by atoms with Crippen LogP contribution >= 0.6 is 0 Å². The number of nitrogens with zero attached hydrogens (tertiary/aromatic N) is 1. The average molecular weight is 172 g/mol. The Labute approximate surface area is 77.4 Å². The molecule has 0 aliphatic rings. The van der Waals surface area contributed by atoms with Gasteiger partial charge in [-0.3, -0.25) is 4.98 Å². The Kier molecular flexibility index (Phi) is 1.69. The van der Waals surface area contributed by atoms with Gasteiger partial charge >= 0.3 is 0 Å². The van der Waals surface area contributed by atoms with Crippen LogP contribution in [0.2, 0.25) is 0 Å². The first kappa shape index (κ1) is 8.05. The van der Waals surface area contributed by atoms with Crippen molar-refractivity contribution >= 4 is 16.6 Å². The number of rotatable bonds is 0. The average Bonchev–Trinajstić information content (AvgIpc) is 2.15. The van der Waals surface area contributed by atoms with Crippen molar-refractivity contribution in [3.8, 4) is 0 Å². The van der Waals surface area contributed by atoms with Crippen molar-refractivity contribution in [2.45, 2.75) is 13.8 Å². The predicted octanol–water partition coefficient (Wildman–Crippen LogP) is 2.43. The van der Waals surface area contributed by atoms with Gasteiger partial charge in [0, 0.05) is 16.8 Å². The number of hydrogen-bond donors (Lipinski definition) is 1. The molecule has 1 heterocycles. The molecule has 0 atom stereocenters. The molecule has 2 aromatic rings. The van der Waals surface area contributed by atoms with E-state index < -0.39 is 0 Å². The SMILES string of the molecule is Cc1nc2ccccc2c(N)c1C. The van der Waals surface area contributed by atoms with Gasteiger partial charge in [0.15, 0.2) is 0 Å². The summed E-state index contributed by atoms with van der Waals surface area (Å²) in [4.78, 5) is 4.46. The molecule has 0 fully saturated rings. The fourth-order valence-corrected chi connectivity index (χ4v) is 1.46. The third-order valence-corrected chi connectivity index (χ3v) is 2.43. The highest BCUT2D eigenvalue weighted by Crippen LogP contribution is 2.24. The summed E-state index contributed by atoms with van der Waals surface area (Å²) in [6.45, 7) is 3.99. The fourth-order valence-electron chi connectivity index (χ4n) is 1.46. The molecule has 2 rings (SSSR count). The van der Waals surface area contributed by atoms with E-state index in [1.165, 1.54) is 0 Å². The minimum atomic E-state index is 0.850. The van der Waals surface area contributed by atoms with Crippen molar-refractivity contribution in [1.82, 2.24) is 4.98 Å². The summed E-state index contributed by atoms with van der Waals surface area (Å²) in [5.74, 6) is 0. The lowest BCUT2D eigenvalue weighted by Crippen LogP contribution is -1.96. The van der Waals surface area contributed by atoms with Crippen LogP contribution in [0, 0.1) is 13.8 Å². The summed E-state index contributed by atoms with van der Waals surface area (Å²) in [7, 11) is 0. The zero-order valence-electron chi connectivity index (χ0n) is 7.83. The first-order valence-corrected chi connectivity index (χ1v) is 4.31. The Morgan fingerprint density at radius 2 is 1.85 bits per heavy atom. The van der Waals surface area contributed by atoms with E-state index in [4.69, 9.17) is 5.73 Å². The first-order valence-electron chi connectivity index (χ1n) is 4.31. The number of nitrogen functional groups attached to an aromatic ring is 1. The van der Waals surface area contributed by atoms with Gasteiger partial charge in [0.1, 0.15) is 0 Å². The van der Waals surface area contributed by atoms with E-state index in [0.29, 0.717) is 0 Å². The molecule has 1 aromatic carbocycles. The minimum Gasteiger partial charge on any atom is -0.398 e. The highest BCUT2D eigenvalue weighted by Gasteiger charge is 2.04. The number of hydrogen-bond acceptors (Lipinski definition) is 2. The van der Waals surface area contributed by atoms with Crippen molar-refractivity contribution in [2.75, 3.05) is 5.73 Å². The molecule has 13 heavy (non-hydrogen) atoms. The van der Waals surface area contributed by atoms with Crippen LogP contribution in [0.25, 0.3) is 10.9 Å². The summed E-state index contributed by atoms with van der Waals surface area (Å²) < 4.78 is 0. The first-order chi connectivity index (χ1) is 6.20. The lowest BCUT2D eigenvalue weighted by Gasteiger charge is -2.07. The summed E-state index contributed by atoms with van der Waals surface area (Å²) in [5.41, 5.74) is 9.90. The maximum absolute atomic E-state index is 5.98. The molecular weight excluding hydrogens is 160 g/mol. The fraction of sp³-hybridized carbons (Fsp3) is 0.182. The van der Waals surface area contributed by atoms with Crippen molar-refractivity contribution < 1.29 is 0 Å². The normalized spacial score (nSPS) is 10.6. The molecule has 0 spiro atoms. The zero-order chi connectivity index (χ0) is 9.42. The van der Waals surface area contributed by atoms with Crippen LogP contribution in [0.5, 0.6) is 0 Å². The van der Waals surface area contributed by atoms with E-state index in [0.717, 1.165) is 27.8 Å². The number of benzene rings is 1. The number of aryl methyl sites for hydroxylation is 1. The van der Waals surface area contributed by atoms with Gasteiger partial charge in [-0.15, -0.1) is 0 Å². The molecule has 1 aromatic heterocycles. The van der Waals surface area contributed by atoms with E-state index in [9.17, 15) is 0 Å². The minimum absolute atomic E-state index is 0.850. The van der Waals surface area contributed by atoms with Gasteiger partial charge in [0.05, 0.1) is 5.52 Å². The molecule has 0 aliphatic carbocycles. The topological polar surface area (TPSA) is 38.9 Å². The number of pyridine rings is 1. The Hall–Kier alpha value is -1.57. The number of aromatic nitrogens is 1. The monoisotopic (exact) mass is 172 g/mol. The van der Waals surface area contributed by atoms with Gasteiger partial charge in [-0.05, 0) is 25.5 Å². The molecule has 0 unspecified atom stereocenters. The molecule has 2 nitrogen and oxygen atoms in total.